The highest BCUT2D eigenvalue weighted by molar-refractivity contribution is 9.10. The van der Waals surface area contributed by atoms with E-state index in [4.69, 9.17) is 4.74 Å². The molecule has 0 saturated carbocycles. The standard InChI is InChI=1S/C19H29BrN4O4/c1-11(2)22-19(27)23(5)9-16-12(3)8-24(13(4)10-25)18(26)15-6-14(20)7-21-17(15)28-16/h6-7,11-13,16,25H,8-10H2,1-5H3,(H,22,27)/t12-,13+,16+/m0/s1. The zero-order valence-electron chi connectivity index (χ0n) is 17.0. The molecule has 0 aromatic carbocycles. The number of fused-ring (bicyclic) bond motifs is 1. The second kappa shape index (κ2) is 9.56. The molecule has 2 N–H and O–H groups in total. The zero-order chi connectivity index (χ0) is 21.0. The van der Waals surface area contributed by atoms with E-state index in [1.807, 2.05) is 20.8 Å². The van der Waals surface area contributed by atoms with E-state index in [0.717, 1.165) is 0 Å². The molecule has 156 valence electrons. The van der Waals surface area contributed by atoms with Crippen molar-refractivity contribution in [2.75, 3.05) is 26.7 Å². The predicted octanol–water partition coefficient (Wildman–Crippen LogP) is 2.11. The molecule has 28 heavy (non-hydrogen) atoms. The number of nitrogens with zero attached hydrogens (tertiary/aromatic N) is 3. The highest BCUT2D eigenvalue weighted by Gasteiger charge is 2.34. The van der Waals surface area contributed by atoms with E-state index in [2.05, 4.69) is 26.2 Å². The monoisotopic (exact) mass is 456 g/mol. The van der Waals surface area contributed by atoms with E-state index in [1.54, 1.807) is 36.0 Å². The maximum atomic E-state index is 13.0. The van der Waals surface area contributed by atoms with Crippen molar-refractivity contribution >= 4 is 27.9 Å². The SMILES string of the molecule is CC(C)NC(=O)N(C)C[C@H]1Oc2ncc(Br)cc2C(=O)N([C@H](C)CO)C[C@@H]1C. The van der Waals surface area contributed by atoms with Gasteiger partial charge in [0.15, 0.2) is 0 Å². The Bertz CT molecular complexity index is 715. The molecule has 2 rings (SSSR count). The highest BCUT2D eigenvalue weighted by Crippen LogP contribution is 2.28. The molecule has 1 aliphatic rings. The Morgan fingerprint density at radius 2 is 2.18 bits per heavy atom. The summed E-state index contributed by atoms with van der Waals surface area (Å²) >= 11 is 3.35. The number of ether oxygens (including phenoxy) is 1. The molecular formula is C19H29BrN4O4. The first-order valence-electron chi connectivity index (χ1n) is 9.39. The molecule has 1 aromatic rings. The minimum Gasteiger partial charge on any atom is -0.472 e. The number of nitrogens with one attached hydrogen (secondary N) is 1. The molecule has 0 unspecified atom stereocenters. The summed E-state index contributed by atoms with van der Waals surface area (Å²) in [7, 11) is 1.71. The molecular weight excluding hydrogens is 428 g/mol. The van der Waals surface area contributed by atoms with Crippen molar-refractivity contribution in [3.05, 3.63) is 22.3 Å². The average Bonchev–Trinajstić information content (AvgIpc) is 2.63. The maximum Gasteiger partial charge on any atom is 0.317 e. The van der Waals surface area contributed by atoms with E-state index in [-0.39, 0.29) is 48.5 Å². The summed E-state index contributed by atoms with van der Waals surface area (Å²) < 4.78 is 6.76. The smallest absolute Gasteiger partial charge is 0.317 e. The fourth-order valence-electron chi connectivity index (χ4n) is 3.00. The van der Waals surface area contributed by atoms with Crippen LogP contribution in [0.25, 0.3) is 0 Å². The first-order chi connectivity index (χ1) is 13.1. The lowest BCUT2D eigenvalue weighted by molar-refractivity contribution is 0.0351. The van der Waals surface area contributed by atoms with Crippen LogP contribution < -0.4 is 10.1 Å². The summed E-state index contributed by atoms with van der Waals surface area (Å²) in [6.07, 6.45) is 1.21. The van der Waals surface area contributed by atoms with Crippen molar-refractivity contribution in [1.82, 2.24) is 20.1 Å². The van der Waals surface area contributed by atoms with E-state index >= 15 is 0 Å². The number of carbonyl (C=O) groups excluding carboxylic acids is 2. The summed E-state index contributed by atoms with van der Waals surface area (Å²) in [6, 6.07) is 1.17. The number of urea groups is 1. The number of pyridine rings is 1. The number of carbonyl (C=O) groups is 2. The van der Waals surface area contributed by atoms with Gasteiger partial charge in [-0.2, -0.15) is 0 Å². The molecule has 0 bridgehead atoms. The van der Waals surface area contributed by atoms with Gasteiger partial charge in [0, 0.05) is 36.2 Å². The Morgan fingerprint density at radius 3 is 2.79 bits per heavy atom. The summed E-state index contributed by atoms with van der Waals surface area (Å²) in [5.41, 5.74) is 0.334. The number of rotatable bonds is 5. The number of aliphatic hydroxyl groups excluding tert-OH is 1. The number of hydrogen-bond donors (Lipinski definition) is 2. The largest absolute Gasteiger partial charge is 0.472 e. The van der Waals surface area contributed by atoms with E-state index in [0.29, 0.717) is 23.1 Å². The van der Waals surface area contributed by atoms with Crippen LogP contribution in [0, 0.1) is 5.92 Å². The van der Waals surface area contributed by atoms with Crippen molar-refractivity contribution in [3.63, 3.8) is 0 Å². The summed E-state index contributed by atoms with van der Waals surface area (Å²) in [4.78, 5) is 32.8. The van der Waals surface area contributed by atoms with Gasteiger partial charge in [-0.15, -0.1) is 0 Å². The fraction of sp³-hybridized carbons (Fsp3) is 0.632. The quantitative estimate of drug-likeness (QED) is 0.707. The van der Waals surface area contributed by atoms with E-state index < -0.39 is 0 Å². The molecule has 3 atom stereocenters. The third-order valence-electron chi connectivity index (χ3n) is 4.70. The molecule has 0 radical (unpaired) electrons. The minimum absolute atomic E-state index is 0.0314. The molecule has 9 heteroatoms. The van der Waals surface area contributed by atoms with Crippen LogP contribution in [0.15, 0.2) is 16.7 Å². The van der Waals surface area contributed by atoms with Crippen molar-refractivity contribution in [2.45, 2.75) is 45.9 Å². The lowest BCUT2D eigenvalue weighted by Crippen LogP contribution is -2.51. The minimum atomic E-state index is -0.364. The second-order valence-electron chi connectivity index (χ2n) is 7.61. The van der Waals surface area contributed by atoms with Gasteiger partial charge in [-0.3, -0.25) is 4.79 Å². The van der Waals surface area contributed by atoms with Crippen LogP contribution in [0.1, 0.15) is 38.1 Å². The third kappa shape index (κ3) is 5.35. The molecule has 0 fully saturated rings. The fourth-order valence-corrected chi connectivity index (χ4v) is 3.34. The molecule has 2 heterocycles. The first kappa shape index (κ1) is 22.4. The summed E-state index contributed by atoms with van der Waals surface area (Å²) in [6.45, 7) is 8.17. The van der Waals surface area contributed by atoms with Crippen LogP contribution in [-0.2, 0) is 0 Å². The van der Waals surface area contributed by atoms with E-state index in [9.17, 15) is 14.7 Å². The number of halogens is 1. The maximum absolute atomic E-state index is 13.0. The number of amides is 3. The van der Waals surface area contributed by atoms with Crippen LogP contribution in [0.3, 0.4) is 0 Å². The van der Waals surface area contributed by atoms with E-state index in [1.165, 1.54) is 0 Å². The molecule has 3 amide bonds. The van der Waals surface area contributed by atoms with Crippen LogP contribution in [0.5, 0.6) is 5.88 Å². The Balaban J connectivity index is 2.34. The van der Waals surface area contributed by atoms with Gasteiger partial charge >= 0.3 is 6.03 Å². The second-order valence-corrected chi connectivity index (χ2v) is 8.53. The summed E-state index contributed by atoms with van der Waals surface area (Å²) in [5.74, 6) is -0.0787. The van der Waals surface area contributed by atoms with Crippen LogP contribution in [-0.4, -0.2) is 76.8 Å². The number of aromatic nitrogens is 1. The Hall–Kier alpha value is -1.87. The summed E-state index contributed by atoms with van der Waals surface area (Å²) in [5, 5.41) is 12.5. The third-order valence-corrected chi connectivity index (χ3v) is 5.13. The van der Waals surface area contributed by atoms with Gasteiger partial charge in [-0.25, -0.2) is 9.78 Å². The average molecular weight is 457 g/mol. The van der Waals surface area contributed by atoms with Gasteiger partial charge in [0.1, 0.15) is 11.7 Å². The lowest BCUT2D eigenvalue weighted by atomic mass is 10.0. The van der Waals surface area contributed by atoms with Gasteiger partial charge in [-0.05, 0) is 42.8 Å². The van der Waals surface area contributed by atoms with Crippen molar-refractivity contribution in [2.24, 2.45) is 5.92 Å². The predicted molar refractivity (Wildman–Crippen MR) is 109 cm³/mol. The first-order valence-corrected chi connectivity index (χ1v) is 10.2. The zero-order valence-corrected chi connectivity index (χ0v) is 18.6. The lowest BCUT2D eigenvalue weighted by Gasteiger charge is -2.37. The van der Waals surface area contributed by atoms with Crippen molar-refractivity contribution in [1.29, 1.82) is 0 Å². The normalized spacial score (nSPS) is 20.7. The molecule has 0 aliphatic carbocycles. The van der Waals surface area contributed by atoms with Gasteiger partial charge in [0.05, 0.1) is 19.2 Å². The number of aliphatic hydroxyl groups is 1. The van der Waals surface area contributed by atoms with Crippen LogP contribution in [0.4, 0.5) is 4.79 Å². The van der Waals surface area contributed by atoms with Gasteiger partial charge in [0.25, 0.3) is 5.91 Å². The molecule has 1 aliphatic heterocycles. The van der Waals surface area contributed by atoms with Crippen molar-refractivity contribution < 1.29 is 19.4 Å². The molecule has 0 spiro atoms. The van der Waals surface area contributed by atoms with Gasteiger partial charge in [-0.1, -0.05) is 6.92 Å². The molecule has 0 saturated heterocycles. The van der Waals surface area contributed by atoms with Crippen LogP contribution in [0.2, 0.25) is 0 Å². The Morgan fingerprint density at radius 1 is 1.50 bits per heavy atom. The number of hydrogen-bond acceptors (Lipinski definition) is 5. The Labute approximate surface area is 174 Å². The highest BCUT2D eigenvalue weighted by atomic mass is 79.9. The molecule has 8 nitrogen and oxygen atoms in total. The van der Waals surface area contributed by atoms with Gasteiger partial charge < -0.3 is 25.0 Å². The van der Waals surface area contributed by atoms with Crippen LogP contribution >= 0.6 is 15.9 Å². The van der Waals surface area contributed by atoms with Gasteiger partial charge in [0.2, 0.25) is 5.88 Å². The number of likely N-dealkylation sites (N-methyl/N-ethyl adjacent to an activating group) is 1. The van der Waals surface area contributed by atoms with Crippen molar-refractivity contribution in [3.8, 4) is 5.88 Å². The topological polar surface area (TPSA) is 95.0 Å². The Kier molecular flexibility index (Phi) is 7.65. The molecule has 1 aromatic heterocycles.